The number of carbonyl (C=O) groups excluding carboxylic acids is 2. The molecule has 1 atom stereocenters. The van der Waals surface area contributed by atoms with Crippen molar-refractivity contribution in [1.29, 1.82) is 0 Å². The van der Waals surface area contributed by atoms with Gasteiger partial charge in [-0.3, -0.25) is 4.79 Å². The molecular formula is C23H25N5O4. The molecule has 0 radical (unpaired) electrons. The van der Waals surface area contributed by atoms with Gasteiger partial charge in [-0.15, -0.1) is 0 Å². The number of ether oxygens (including phenoxy) is 1. The Labute approximate surface area is 186 Å². The van der Waals surface area contributed by atoms with Crippen LogP contribution >= 0.6 is 0 Å². The summed E-state index contributed by atoms with van der Waals surface area (Å²) in [5, 5.41) is 6.91. The molecule has 32 heavy (non-hydrogen) atoms. The Hall–Kier alpha value is -3.88. The Kier molecular flexibility index (Phi) is 6.34. The van der Waals surface area contributed by atoms with E-state index in [1.807, 2.05) is 43.3 Å². The summed E-state index contributed by atoms with van der Waals surface area (Å²) in [5.74, 6) is 0.974. The number of amides is 3. The molecule has 1 unspecified atom stereocenters. The molecule has 4 rings (SSSR count). The Morgan fingerprint density at radius 2 is 1.88 bits per heavy atom. The summed E-state index contributed by atoms with van der Waals surface area (Å²) >= 11 is 0. The van der Waals surface area contributed by atoms with Crippen molar-refractivity contribution in [1.82, 2.24) is 25.3 Å². The lowest BCUT2D eigenvalue weighted by atomic mass is 10.1. The fraction of sp³-hybridized carbons (Fsp3) is 0.304. The minimum atomic E-state index is -0.589. The molecule has 3 amide bonds. The van der Waals surface area contributed by atoms with Gasteiger partial charge in [-0.05, 0) is 19.1 Å². The van der Waals surface area contributed by atoms with Crippen molar-refractivity contribution in [3.8, 4) is 17.1 Å². The molecule has 1 fully saturated rings. The second-order valence-electron chi connectivity index (χ2n) is 7.32. The highest BCUT2D eigenvalue weighted by Gasteiger charge is 2.38. The maximum atomic E-state index is 13.5. The minimum Gasteiger partial charge on any atom is -0.496 e. The van der Waals surface area contributed by atoms with Crippen molar-refractivity contribution in [3.63, 3.8) is 0 Å². The van der Waals surface area contributed by atoms with Crippen molar-refractivity contribution in [2.24, 2.45) is 0 Å². The van der Waals surface area contributed by atoms with Crippen LogP contribution in [-0.4, -0.2) is 65.2 Å². The summed E-state index contributed by atoms with van der Waals surface area (Å²) in [6.07, 6.45) is 0. The number of hydrogen-bond donors (Lipinski definition) is 1. The first-order valence-corrected chi connectivity index (χ1v) is 10.5. The third kappa shape index (κ3) is 4.27. The highest BCUT2D eigenvalue weighted by molar-refractivity contribution is 5.97. The van der Waals surface area contributed by atoms with Gasteiger partial charge in [0.2, 0.25) is 5.82 Å². The molecule has 0 spiro atoms. The molecule has 0 saturated carbocycles. The normalized spacial score (nSPS) is 16.0. The molecule has 0 bridgehead atoms. The average Bonchev–Trinajstić information content (AvgIpc) is 3.34. The smallest absolute Gasteiger partial charge is 0.317 e. The summed E-state index contributed by atoms with van der Waals surface area (Å²) < 4.78 is 11.0. The number of urea groups is 1. The molecule has 2 aromatic carbocycles. The number of nitrogens with one attached hydrogen (secondary N) is 1. The van der Waals surface area contributed by atoms with Crippen LogP contribution in [0.15, 0.2) is 59.1 Å². The van der Waals surface area contributed by atoms with Crippen LogP contribution in [-0.2, 0) is 0 Å². The van der Waals surface area contributed by atoms with Crippen molar-refractivity contribution >= 4 is 11.9 Å². The minimum absolute atomic E-state index is 0.190. The summed E-state index contributed by atoms with van der Waals surface area (Å²) in [7, 11) is 1.53. The lowest BCUT2D eigenvalue weighted by molar-refractivity contribution is 0.0437. The largest absolute Gasteiger partial charge is 0.496 e. The second kappa shape index (κ2) is 9.51. The Morgan fingerprint density at radius 3 is 2.62 bits per heavy atom. The summed E-state index contributed by atoms with van der Waals surface area (Å²) in [6, 6.07) is 15.7. The first-order valence-electron chi connectivity index (χ1n) is 10.5. The van der Waals surface area contributed by atoms with Gasteiger partial charge in [-0.1, -0.05) is 47.6 Å². The molecule has 2 heterocycles. The molecule has 1 N–H and O–H groups in total. The van der Waals surface area contributed by atoms with Crippen molar-refractivity contribution in [2.75, 3.05) is 33.3 Å². The van der Waals surface area contributed by atoms with Crippen LogP contribution in [0.4, 0.5) is 4.79 Å². The van der Waals surface area contributed by atoms with E-state index in [9.17, 15) is 9.59 Å². The van der Waals surface area contributed by atoms with Gasteiger partial charge in [0, 0.05) is 25.2 Å². The van der Waals surface area contributed by atoms with Crippen LogP contribution in [0.5, 0.6) is 5.75 Å². The Balaban J connectivity index is 1.67. The van der Waals surface area contributed by atoms with E-state index in [1.54, 1.807) is 28.0 Å². The van der Waals surface area contributed by atoms with E-state index < -0.39 is 6.04 Å². The number of aromatic nitrogens is 2. The van der Waals surface area contributed by atoms with Gasteiger partial charge < -0.3 is 24.4 Å². The summed E-state index contributed by atoms with van der Waals surface area (Å²) in [4.78, 5) is 33.8. The zero-order valence-corrected chi connectivity index (χ0v) is 18.0. The predicted octanol–water partition coefficient (Wildman–Crippen LogP) is 2.97. The number of para-hydroxylation sites is 1. The average molecular weight is 435 g/mol. The van der Waals surface area contributed by atoms with E-state index in [4.69, 9.17) is 9.26 Å². The topological polar surface area (TPSA) is 101 Å². The molecule has 1 aromatic heterocycles. The molecule has 1 aliphatic rings. The SMILES string of the molecule is CCNC(=O)N1CCN(C(=O)c2ccccc2OC)C(c2nc(-c3ccccc3)no2)C1. The highest BCUT2D eigenvalue weighted by atomic mass is 16.5. The molecule has 166 valence electrons. The number of benzene rings is 2. The number of piperazine rings is 1. The lowest BCUT2D eigenvalue weighted by Crippen LogP contribution is -2.54. The standard InChI is InChI=1S/C23H25N5O4/c1-3-24-23(30)27-13-14-28(22(29)17-11-7-8-12-19(17)31-2)18(15-27)21-25-20(26-32-21)16-9-5-4-6-10-16/h4-12,18H,3,13-15H2,1-2H3,(H,24,30). The van der Waals surface area contributed by atoms with Gasteiger partial charge in [0.1, 0.15) is 11.8 Å². The molecule has 1 saturated heterocycles. The monoisotopic (exact) mass is 435 g/mol. The van der Waals surface area contributed by atoms with E-state index in [1.165, 1.54) is 7.11 Å². The zero-order chi connectivity index (χ0) is 22.5. The Morgan fingerprint density at radius 1 is 1.12 bits per heavy atom. The van der Waals surface area contributed by atoms with Crippen molar-refractivity contribution < 1.29 is 18.8 Å². The number of hydrogen-bond acceptors (Lipinski definition) is 6. The molecule has 9 nitrogen and oxygen atoms in total. The summed E-state index contributed by atoms with van der Waals surface area (Å²) in [6.45, 7) is 3.33. The molecular weight excluding hydrogens is 410 g/mol. The molecule has 0 aliphatic carbocycles. The zero-order valence-electron chi connectivity index (χ0n) is 18.0. The van der Waals surface area contributed by atoms with Crippen LogP contribution in [0.2, 0.25) is 0 Å². The van der Waals surface area contributed by atoms with Crippen molar-refractivity contribution in [3.05, 3.63) is 66.1 Å². The van der Waals surface area contributed by atoms with E-state index in [0.717, 1.165) is 5.56 Å². The van der Waals surface area contributed by atoms with Crippen LogP contribution in [0.3, 0.4) is 0 Å². The van der Waals surface area contributed by atoms with E-state index in [2.05, 4.69) is 15.5 Å². The first-order chi connectivity index (χ1) is 15.6. The quantitative estimate of drug-likeness (QED) is 0.661. The van der Waals surface area contributed by atoms with Crippen LogP contribution in [0.1, 0.15) is 29.2 Å². The number of nitrogens with zero attached hydrogens (tertiary/aromatic N) is 4. The van der Waals surface area contributed by atoms with Gasteiger partial charge in [0.25, 0.3) is 11.8 Å². The molecule has 9 heteroatoms. The van der Waals surface area contributed by atoms with Gasteiger partial charge in [-0.25, -0.2) is 4.79 Å². The van der Waals surface area contributed by atoms with Crippen LogP contribution < -0.4 is 10.1 Å². The fourth-order valence-corrected chi connectivity index (χ4v) is 3.74. The second-order valence-corrected chi connectivity index (χ2v) is 7.32. The van der Waals surface area contributed by atoms with E-state index in [-0.39, 0.29) is 24.4 Å². The van der Waals surface area contributed by atoms with Crippen molar-refractivity contribution in [2.45, 2.75) is 13.0 Å². The maximum absolute atomic E-state index is 13.5. The Bertz CT molecular complexity index is 1080. The highest BCUT2D eigenvalue weighted by Crippen LogP contribution is 2.30. The van der Waals surface area contributed by atoms with Crippen LogP contribution in [0, 0.1) is 0 Å². The summed E-state index contributed by atoms with van der Waals surface area (Å²) in [5.41, 5.74) is 1.25. The number of carbonyl (C=O) groups is 2. The van der Waals surface area contributed by atoms with E-state index >= 15 is 0 Å². The lowest BCUT2D eigenvalue weighted by Gasteiger charge is -2.39. The maximum Gasteiger partial charge on any atom is 0.317 e. The predicted molar refractivity (Wildman–Crippen MR) is 117 cm³/mol. The molecule has 1 aliphatic heterocycles. The fourth-order valence-electron chi connectivity index (χ4n) is 3.74. The number of methoxy groups -OCH3 is 1. The third-order valence-corrected chi connectivity index (χ3v) is 5.35. The van der Waals surface area contributed by atoms with Gasteiger partial charge in [0.05, 0.1) is 19.2 Å². The van der Waals surface area contributed by atoms with Crippen LogP contribution in [0.25, 0.3) is 11.4 Å². The number of rotatable bonds is 5. The van der Waals surface area contributed by atoms with Gasteiger partial charge >= 0.3 is 6.03 Å². The van der Waals surface area contributed by atoms with E-state index in [0.29, 0.717) is 36.8 Å². The third-order valence-electron chi connectivity index (χ3n) is 5.35. The van der Waals surface area contributed by atoms with Gasteiger partial charge in [0.15, 0.2) is 0 Å². The first kappa shape index (κ1) is 21.4. The molecule has 3 aromatic rings. The van der Waals surface area contributed by atoms with Gasteiger partial charge in [-0.2, -0.15) is 4.98 Å².